The van der Waals surface area contributed by atoms with Crippen molar-refractivity contribution in [2.45, 2.75) is 26.3 Å². The topological polar surface area (TPSA) is 127 Å². The lowest BCUT2D eigenvalue weighted by Crippen LogP contribution is -2.47. The molecule has 1 rings (SSSR count). The summed E-state index contributed by atoms with van der Waals surface area (Å²) in [5, 5.41) is 13.6. The summed E-state index contributed by atoms with van der Waals surface area (Å²) in [6.45, 7) is 4.77. The molecule has 1 aromatic heterocycles. The molecule has 1 heterocycles. The highest BCUT2D eigenvalue weighted by molar-refractivity contribution is 7.88. The number of hydrogen-bond acceptors (Lipinski definition) is 7. The van der Waals surface area contributed by atoms with Crippen molar-refractivity contribution in [3.8, 4) is 0 Å². The van der Waals surface area contributed by atoms with Crippen LogP contribution >= 0.6 is 11.6 Å². The predicted molar refractivity (Wildman–Crippen MR) is 79.0 cm³/mol. The summed E-state index contributed by atoms with van der Waals surface area (Å²) in [6.07, 6.45) is 1.03. The number of anilines is 1. The Labute approximate surface area is 127 Å². The summed E-state index contributed by atoms with van der Waals surface area (Å²) in [7, 11) is -3.41. The van der Waals surface area contributed by atoms with E-state index in [0.29, 0.717) is 0 Å². The van der Waals surface area contributed by atoms with Crippen molar-refractivity contribution in [2.75, 3.05) is 18.1 Å². The Morgan fingerprint density at radius 2 is 1.95 bits per heavy atom. The van der Waals surface area contributed by atoms with Crippen molar-refractivity contribution < 1.29 is 13.3 Å². The van der Waals surface area contributed by atoms with Gasteiger partial charge >= 0.3 is 5.69 Å². The highest BCUT2D eigenvalue weighted by Crippen LogP contribution is 2.26. The summed E-state index contributed by atoms with van der Waals surface area (Å²) in [6, 6.07) is 0. The predicted octanol–water partition coefficient (Wildman–Crippen LogP) is 1.09. The fourth-order valence-corrected chi connectivity index (χ4v) is 3.00. The third-order valence-corrected chi connectivity index (χ3v) is 3.47. The zero-order valence-corrected chi connectivity index (χ0v) is 13.5. The van der Waals surface area contributed by atoms with Gasteiger partial charge in [-0.15, -0.1) is 0 Å². The van der Waals surface area contributed by atoms with Crippen molar-refractivity contribution in [2.24, 2.45) is 0 Å². The number of aryl methyl sites for hydroxylation is 1. The number of nitrogens with zero attached hydrogens (tertiary/aromatic N) is 3. The van der Waals surface area contributed by atoms with Crippen molar-refractivity contribution in [3.63, 3.8) is 0 Å². The molecular formula is C10H16ClN5O4S. The fourth-order valence-electron chi connectivity index (χ4n) is 1.72. The van der Waals surface area contributed by atoms with E-state index in [-0.39, 0.29) is 29.0 Å². The van der Waals surface area contributed by atoms with Crippen LogP contribution < -0.4 is 10.0 Å². The monoisotopic (exact) mass is 337 g/mol. The van der Waals surface area contributed by atoms with Gasteiger partial charge in [-0.3, -0.25) is 10.1 Å². The van der Waals surface area contributed by atoms with Gasteiger partial charge in [-0.1, -0.05) is 0 Å². The maximum Gasteiger partial charge on any atom is 0.332 e. The highest BCUT2D eigenvalue weighted by Gasteiger charge is 2.26. The molecule has 118 valence electrons. The Bertz CT molecular complexity index is 662. The highest BCUT2D eigenvalue weighted by atomic mass is 35.5. The Balaban J connectivity index is 3.01. The van der Waals surface area contributed by atoms with Crippen LogP contribution in [0.25, 0.3) is 0 Å². The molecule has 0 spiro atoms. The van der Waals surface area contributed by atoms with Crippen molar-refractivity contribution in [1.82, 2.24) is 14.7 Å². The van der Waals surface area contributed by atoms with Crippen LogP contribution in [0, 0.1) is 17.0 Å². The minimum Gasteiger partial charge on any atom is -0.362 e. The van der Waals surface area contributed by atoms with Crippen LogP contribution in [0.15, 0.2) is 0 Å². The van der Waals surface area contributed by atoms with Crippen molar-refractivity contribution in [3.05, 3.63) is 21.1 Å². The van der Waals surface area contributed by atoms with E-state index in [1.165, 1.54) is 6.92 Å². The van der Waals surface area contributed by atoms with E-state index < -0.39 is 20.5 Å². The largest absolute Gasteiger partial charge is 0.362 e. The minimum atomic E-state index is -3.41. The van der Waals surface area contributed by atoms with E-state index in [2.05, 4.69) is 20.0 Å². The third kappa shape index (κ3) is 5.40. The van der Waals surface area contributed by atoms with Crippen molar-refractivity contribution in [1.29, 1.82) is 0 Å². The van der Waals surface area contributed by atoms with E-state index in [1.807, 2.05) is 0 Å². The number of aromatic nitrogens is 2. The van der Waals surface area contributed by atoms with Gasteiger partial charge in [0.25, 0.3) is 0 Å². The fraction of sp³-hybridized carbons (Fsp3) is 0.600. The molecule has 21 heavy (non-hydrogen) atoms. The second-order valence-electron chi connectivity index (χ2n) is 5.14. The first-order valence-electron chi connectivity index (χ1n) is 5.82. The zero-order chi connectivity index (χ0) is 16.4. The quantitative estimate of drug-likeness (QED) is 0.451. The third-order valence-electron chi connectivity index (χ3n) is 2.37. The van der Waals surface area contributed by atoms with Gasteiger partial charge in [0, 0.05) is 12.1 Å². The number of hydrogen-bond donors (Lipinski definition) is 2. The van der Waals surface area contributed by atoms with Gasteiger partial charge in [-0.05, 0) is 32.4 Å². The number of nitrogens with one attached hydrogen (secondary N) is 2. The van der Waals surface area contributed by atoms with Gasteiger partial charge in [0.15, 0.2) is 0 Å². The van der Waals surface area contributed by atoms with Gasteiger partial charge in [0.2, 0.25) is 21.1 Å². The standard InChI is InChI=1S/C10H16ClN5O4S/c1-6-7(16(17)18)8(14-9(11)13-6)12-5-10(2,3)15-21(4,19)20/h15H,5H2,1-4H3,(H,12,13,14). The number of rotatable bonds is 6. The second kappa shape index (κ2) is 6.08. The molecule has 0 amide bonds. The lowest BCUT2D eigenvalue weighted by molar-refractivity contribution is -0.385. The molecule has 9 nitrogen and oxygen atoms in total. The average molecular weight is 338 g/mol. The van der Waals surface area contributed by atoms with E-state index in [9.17, 15) is 18.5 Å². The van der Waals surface area contributed by atoms with Crippen LogP contribution in [-0.2, 0) is 10.0 Å². The molecule has 0 radical (unpaired) electrons. The van der Waals surface area contributed by atoms with Crippen LogP contribution in [0.1, 0.15) is 19.5 Å². The summed E-state index contributed by atoms with van der Waals surface area (Å²) >= 11 is 5.69. The van der Waals surface area contributed by atoms with E-state index in [4.69, 9.17) is 11.6 Å². The first-order valence-corrected chi connectivity index (χ1v) is 8.09. The van der Waals surface area contributed by atoms with E-state index >= 15 is 0 Å². The lowest BCUT2D eigenvalue weighted by atomic mass is 10.1. The molecule has 11 heteroatoms. The molecule has 0 aliphatic heterocycles. The molecule has 1 aromatic rings. The van der Waals surface area contributed by atoms with Gasteiger partial charge in [-0.25, -0.2) is 18.1 Å². The van der Waals surface area contributed by atoms with Crippen LogP contribution in [0.5, 0.6) is 0 Å². The molecule has 0 saturated carbocycles. The van der Waals surface area contributed by atoms with E-state index in [0.717, 1.165) is 6.26 Å². The smallest absolute Gasteiger partial charge is 0.332 e. The molecule has 0 saturated heterocycles. The summed E-state index contributed by atoms with van der Waals surface area (Å²) in [4.78, 5) is 17.9. The minimum absolute atomic E-state index is 0.0547. The van der Waals surface area contributed by atoms with Gasteiger partial charge in [0.1, 0.15) is 5.69 Å². The van der Waals surface area contributed by atoms with Crippen LogP contribution in [0.3, 0.4) is 0 Å². The van der Waals surface area contributed by atoms with E-state index in [1.54, 1.807) is 13.8 Å². The summed E-state index contributed by atoms with van der Waals surface area (Å²) < 4.78 is 24.9. The Kier molecular flexibility index (Phi) is 5.07. The van der Waals surface area contributed by atoms with Gasteiger partial charge in [0.05, 0.1) is 11.2 Å². The Morgan fingerprint density at radius 3 is 2.43 bits per heavy atom. The lowest BCUT2D eigenvalue weighted by Gasteiger charge is -2.25. The molecule has 0 fully saturated rings. The molecule has 2 N–H and O–H groups in total. The molecule has 0 aromatic carbocycles. The Hall–Kier alpha value is -1.52. The average Bonchev–Trinajstić information content (AvgIpc) is 2.21. The Morgan fingerprint density at radius 1 is 1.38 bits per heavy atom. The van der Waals surface area contributed by atoms with Crippen molar-refractivity contribution >= 4 is 33.1 Å². The zero-order valence-electron chi connectivity index (χ0n) is 12.0. The van der Waals surface area contributed by atoms with Crippen LogP contribution in [0.4, 0.5) is 11.5 Å². The number of halogens is 1. The first-order chi connectivity index (χ1) is 9.41. The first kappa shape index (κ1) is 17.5. The maximum absolute atomic E-state index is 11.2. The molecule has 0 aliphatic carbocycles. The maximum atomic E-state index is 11.2. The number of sulfonamides is 1. The molecule has 0 atom stereocenters. The summed E-state index contributed by atoms with van der Waals surface area (Å²) in [5.74, 6) is -0.0547. The summed E-state index contributed by atoms with van der Waals surface area (Å²) in [5.41, 5.74) is -1.04. The SMILES string of the molecule is Cc1nc(Cl)nc(NCC(C)(C)NS(C)(=O)=O)c1[N+](=O)[O-]. The molecule has 0 aliphatic rings. The van der Waals surface area contributed by atoms with Crippen LogP contribution in [-0.4, -0.2) is 41.6 Å². The molecule has 0 bridgehead atoms. The van der Waals surface area contributed by atoms with Gasteiger partial charge in [-0.2, -0.15) is 4.98 Å². The van der Waals surface area contributed by atoms with Crippen LogP contribution in [0.2, 0.25) is 5.28 Å². The number of nitro groups is 1. The molecule has 0 unspecified atom stereocenters. The normalized spacial score (nSPS) is 12.2. The molecular weight excluding hydrogens is 322 g/mol. The second-order valence-corrected chi connectivity index (χ2v) is 7.23. The van der Waals surface area contributed by atoms with Gasteiger partial charge < -0.3 is 5.32 Å².